The summed E-state index contributed by atoms with van der Waals surface area (Å²) < 4.78 is 10.6. The number of esters is 1. The first-order valence-electron chi connectivity index (χ1n) is 9.37. The zero-order valence-electron chi connectivity index (χ0n) is 15.7. The molecule has 1 N–H and O–H groups in total. The number of carbonyl (C=O) groups is 3. The second-order valence-corrected chi connectivity index (χ2v) is 8.30. The molecular weight excluding hydrogens is 368 g/mol. The number of hydrogen-bond donors (Lipinski definition) is 1. The Balaban J connectivity index is 1.54. The van der Waals surface area contributed by atoms with Crippen LogP contribution in [0.2, 0.25) is 0 Å². The number of furan rings is 1. The molecule has 4 atom stereocenters. The molecule has 1 aromatic heterocycles. The van der Waals surface area contributed by atoms with Gasteiger partial charge >= 0.3 is 5.97 Å². The van der Waals surface area contributed by atoms with Gasteiger partial charge in [0.2, 0.25) is 5.91 Å². The van der Waals surface area contributed by atoms with Crippen LogP contribution in [0.3, 0.4) is 0 Å². The first-order chi connectivity index (χ1) is 13.0. The van der Waals surface area contributed by atoms with Gasteiger partial charge < -0.3 is 19.4 Å². The molecule has 0 spiro atoms. The Morgan fingerprint density at radius 1 is 1.33 bits per heavy atom. The van der Waals surface area contributed by atoms with E-state index in [1.807, 2.05) is 0 Å². The summed E-state index contributed by atoms with van der Waals surface area (Å²) in [5.74, 6) is 0.388. The summed E-state index contributed by atoms with van der Waals surface area (Å²) in [5, 5.41) is 2.61. The third-order valence-corrected chi connectivity index (χ3v) is 6.51. The molecular formula is C19H26N2O5S. The van der Waals surface area contributed by atoms with Crippen LogP contribution in [-0.4, -0.2) is 47.1 Å². The number of nitrogens with one attached hydrogen (secondary N) is 1. The van der Waals surface area contributed by atoms with Crippen LogP contribution in [0.15, 0.2) is 22.8 Å². The van der Waals surface area contributed by atoms with Gasteiger partial charge in [0.15, 0.2) is 6.61 Å². The lowest BCUT2D eigenvalue weighted by atomic mass is 9.86. The molecule has 2 heterocycles. The Hall–Kier alpha value is -1.96. The van der Waals surface area contributed by atoms with Gasteiger partial charge in [-0.15, -0.1) is 11.8 Å². The Kier molecular flexibility index (Phi) is 6.46. The van der Waals surface area contributed by atoms with Crippen LogP contribution in [0.5, 0.6) is 0 Å². The van der Waals surface area contributed by atoms with E-state index in [1.165, 1.54) is 36.3 Å². The maximum Gasteiger partial charge on any atom is 0.330 e. The first-order valence-corrected chi connectivity index (χ1v) is 10.4. The average Bonchev–Trinajstić information content (AvgIpc) is 3.30. The molecule has 8 heteroatoms. The highest BCUT2D eigenvalue weighted by atomic mass is 32.2. The van der Waals surface area contributed by atoms with Gasteiger partial charge in [0.25, 0.3) is 5.91 Å². The molecule has 1 aromatic rings. The van der Waals surface area contributed by atoms with Crippen molar-refractivity contribution in [2.24, 2.45) is 5.92 Å². The van der Waals surface area contributed by atoms with Crippen molar-refractivity contribution >= 4 is 29.5 Å². The zero-order valence-corrected chi connectivity index (χ0v) is 16.5. The van der Waals surface area contributed by atoms with Crippen LogP contribution in [0, 0.1) is 5.92 Å². The number of hydrogen-bond acceptors (Lipinski definition) is 6. The topological polar surface area (TPSA) is 88.8 Å². The van der Waals surface area contributed by atoms with Gasteiger partial charge in [0.1, 0.15) is 17.2 Å². The predicted molar refractivity (Wildman–Crippen MR) is 101 cm³/mol. The third kappa shape index (κ3) is 4.66. The van der Waals surface area contributed by atoms with E-state index >= 15 is 0 Å². The summed E-state index contributed by atoms with van der Waals surface area (Å²) in [7, 11) is 0. The lowest BCUT2D eigenvalue weighted by molar-refractivity contribution is -0.156. The van der Waals surface area contributed by atoms with Crippen LogP contribution in [0.25, 0.3) is 0 Å². The van der Waals surface area contributed by atoms with Crippen molar-refractivity contribution in [3.05, 3.63) is 24.2 Å². The fraction of sp³-hybridized carbons (Fsp3) is 0.632. The van der Waals surface area contributed by atoms with E-state index in [-0.39, 0.29) is 29.8 Å². The second-order valence-electron chi connectivity index (χ2n) is 7.19. The molecule has 3 rings (SSSR count). The van der Waals surface area contributed by atoms with E-state index in [4.69, 9.17) is 9.15 Å². The van der Waals surface area contributed by atoms with E-state index in [0.717, 1.165) is 19.3 Å². The lowest BCUT2D eigenvalue weighted by Crippen LogP contribution is -2.45. The van der Waals surface area contributed by atoms with E-state index < -0.39 is 12.0 Å². The van der Waals surface area contributed by atoms with Gasteiger partial charge in [0, 0.05) is 18.7 Å². The van der Waals surface area contributed by atoms with E-state index in [0.29, 0.717) is 17.4 Å². The van der Waals surface area contributed by atoms with Crippen molar-refractivity contribution in [1.29, 1.82) is 0 Å². The van der Waals surface area contributed by atoms with Gasteiger partial charge in [-0.1, -0.05) is 19.8 Å². The number of thioether (sulfide) groups is 1. The predicted octanol–water partition coefficient (Wildman–Crippen LogP) is 2.48. The SMILES string of the molecule is CC(=O)N1[C@@H](c2ccco2)SC[C@H]1C(=O)OCC(=O)N[C@H]1CCCC[C@H]1C. The normalized spacial score (nSPS) is 28.0. The fourth-order valence-corrected chi connectivity index (χ4v) is 5.15. The Morgan fingerprint density at radius 3 is 2.78 bits per heavy atom. The van der Waals surface area contributed by atoms with Crippen molar-refractivity contribution in [2.45, 2.75) is 57.0 Å². The van der Waals surface area contributed by atoms with Gasteiger partial charge in [-0.3, -0.25) is 9.59 Å². The van der Waals surface area contributed by atoms with Crippen LogP contribution < -0.4 is 5.32 Å². The maximum atomic E-state index is 12.5. The summed E-state index contributed by atoms with van der Waals surface area (Å²) in [4.78, 5) is 38.2. The average molecular weight is 394 g/mol. The van der Waals surface area contributed by atoms with Crippen LogP contribution in [-0.2, 0) is 19.1 Å². The Morgan fingerprint density at radius 2 is 2.11 bits per heavy atom. The highest BCUT2D eigenvalue weighted by Crippen LogP contribution is 2.41. The Bertz CT molecular complexity index is 678. The minimum atomic E-state index is -0.719. The molecule has 0 bridgehead atoms. The van der Waals surface area contributed by atoms with Gasteiger partial charge in [-0.25, -0.2) is 4.79 Å². The van der Waals surface area contributed by atoms with Crippen molar-refractivity contribution in [2.75, 3.05) is 12.4 Å². The lowest BCUT2D eigenvalue weighted by Gasteiger charge is -2.29. The number of nitrogens with zero attached hydrogens (tertiary/aromatic N) is 1. The number of rotatable bonds is 5. The zero-order chi connectivity index (χ0) is 19.4. The van der Waals surface area contributed by atoms with E-state index in [1.54, 1.807) is 12.1 Å². The number of ether oxygens (including phenoxy) is 1. The molecule has 1 aliphatic heterocycles. The molecule has 0 aromatic carbocycles. The van der Waals surface area contributed by atoms with Crippen LogP contribution >= 0.6 is 11.8 Å². The smallest absolute Gasteiger partial charge is 0.330 e. The number of amides is 2. The van der Waals surface area contributed by atoms with Gasteiger partial charge in [-0.2, -0.15) is 0 Å². The maximum absolute atomic E-state index is 12.5. The number of carbonyl (C=O) groups excluding carboxylic acids is 3. The summed E-state index contributed by atoms with van der Waals surface area (Å²) in [6, 6.07) is 2.95. The molecule has 27 heavy (non-hydrogen) atoms. The van der Waals surface area contributed by atoms with Gasteiger partial charge in [0.05, 0.1) is 6.26 Å². The molecule has 0 radical (unpaired) electrons. The molecule has 148 valence electrons. The van der Waals surface area contributed by atoms with Crippen molar-refractivity contribution < 1.29 is 23.5 Å². The summed E-state index contributed by atoms with van der Waals surface area (Å²) >= 11 is 1.45. The Labute approximate surface area is 163 Å². The van der Waals surface area contributed by atoms with Crippen LogP contribution in [0.1, 0.15) is 50.7 Å². The highest BCUT2D eigenvalue weighted by molar-refractivity contribution is 7.99. The molecule has 1 saturated heterocycles. The van der Waals surface area contributed by atoms with Crippen LogP contribution in [0.4, 0.5) is 0 Å². The fourth-order valence-electron chi connectivity index (χ4n) is 3.74. The summed E-state index contributed by atoms with van der Waals surface area (Å²) in [5.41, 5.74) is 0. The highest BCUT2D eigenvalue weighted by Gasteiger charge is 2.43. The summed E-state index contributed by atoms with van der Waals surface area (Å²) in [6.07, 6.45) is 5.90. The molecule has 1 aliphatic carbocycles. The third-order valence-electron chi connectivity index (χ3n) is 5.23. The van der Waals surface area contributed by atoms with Crippen molar-refractivity contribution in [3.8, 4) is 0 Å². The van der Waals surface area contributed by atoms with Crippen molar-refractivity contribution in [1.82, 2.24) is 10.2 Å². The van der Waals surface area contributed by atoms with E-state index in [9.17, 15) is 14.4 Å². The molecule has 2 aliphatic rings. The van der Waals surface area contributed by atoms with Crippen molar-refractivity contribution in [3.63, 3.8) is 0 Å². The minimum absolute atomic E-state index is 0.143. The monoisotopic (exact) mass is 394 g/mol. The largest absolute Gasteiger partial charge is 0.466 e. The quantitative estimate of drug-likeness (QED) is 0.772. The molecule has 0 unspecified atom stereocenters. The van der Waals surface area contributed by atoms with Gasteiger partial charge in [-0.05, 0) is 30.9 Å². The first kappa shape index (κ1) is 19.8. The van der Waals surface area contributed by atoms with E-state index in [2.05, 4.69) is 12.2 Å². The molecule has 2 fully saturated rings. The minimum Gasteiger partial charge on any atom is -0.466 e. The molecule has 7 nitrogen and oxygen atoms in total. The molecule has 2 amide bonds. The second kappa shape index (κ2) is 8.82. The standard InChI is InChI=1S/C19H26N2O5S/c1-12-6-3-4-7-14(12)20-17(23)10-26-19(24)15-11-27-18(21(15)13(2)22)16-8-5-9-25-16/h5,8-9,12,14-15,18H,3-4,6-7,10-11H2,1-2H3,(H,20,23)/t12-,14+,15+,18-/m1/s1. The summed E-state index contributed by atoms with van der Waals surface area (Å²) in [6.45, 7) is 3.23. The molecule has 1 saturated carbocycles.